The summed E-state index contributed by atoms with van der Waals surface area (Å²) in [5.41, 5.74) is 1.09. The number of nitrogens with one attached hydrogen (secondary N) is 1. The van der Waals surface area contributed by atoms with Gasteiger partial charge in [0.05, 0.1) is 6.42 Å². The maximum Gasteiger partial charge on any atom is 0.305 e. The Bertz CT molecular complexity index is 526. The third kappa shape index (κ3) is 7.09. The summed E-state index contributed by atoms with van der Waals surface area (Å²) in [5.74, 6) is -1.15. The van der Waals surface area contributed by atoms with Crippen LogP contribution in [-0.2, 0) is 9.59 Å². The minimum Gasteiger partial charge on any atom is -0.481 e. The molecule has 0 aliphatic carbocycles. The topological polar surface area (TPSA) is 66.4 Å². The molecule has 1 aromatic heterocycles. The van der Waals surface area contributed by atoms with E-state index in [1.165, 1.54) is 6.08 Å². The molecule has 5 heteroatoms. The molecule has 0 bridgehead atoms. The van der Waals surface area contributed by atoms with Crippen molar-refractivity contribution in [1.29, 1.82) is 0 Å². The van der Waals surface area contributed by atoms with Crippen LogP contribution in [0, 0.1) is 12.3 Å². The maximum absolute atomic E-state index is 11.9. The van der Waals surface area contributed by atoms with Crippen molar-refractivity contribution in [3.05, 3.63) is 28.0 Å². The second-order valence-corrected chi connectivity index (χ2v) is 7.32. The lowest BCUT2D eigenvalue weighted by molar-refractivity contribution is -0.137. The molecule has 0 radical (unpaired) electrons. The fourth-order valence-electron chi connectivity index (χ4n) is 2.08. The maximum atomic E-state index is 11.9. The molecular formula is C16H23NO3S. The standard InChI is InChI=1S/C16H23NO3S/c1-11-7-8-21-13(11)5-6-14(18)17-12(9-15(19)20)10-16(2,3)4/h5-8,12H,9-10H2,1-4H3,(H,17,18)(H,19,20)/b6-5+. The predicted octanol–water partition coefficient (Wildman–Crippen LogP) is 3.47. The largest absolute Gasteiger partial charge is 0.481 e. The van der Waals surface area contributed by atoms with E-state index in [9.17, 15) is 9.59 Å². The number of carboxylic acid groups (broad SMARTS) is 1. The Hall–Kier alpha value is -1.62. The molecule has 1 unspecified atom stereocenters. The van der Waals surface area contributed by atoms with Gasteiger partial charge in [-0.1, -0.05) is 20.8 Å². The Labute approximate surface area is 129 Å². The van der Waals surface area contributed by atoms with Crippen LogP contribution in [0.5, 0.6) is 0 Å². The summed E-state index contributed by atoms with van der Waals surface area (Å²) >= 11 is 1.57. The van der Waals surface area contributed by atoms with Crippen LogP contribution in [0.1, 0.15) is 44.1 Å². The van der Waals surface area contributed by atoms with Crippen LogP contribution in [0.2, 0.25) is 0 Å². The van der Waals surface area contributed by atoms with E-state index in [1.54, 1.807) is 17.4 Å². The molecule has 0 aliphatic rings. The number of aryl methyl sites for hydroxylation is 1. The summed E-state index contributed by atoms with van der Waals surface area (Å²) in [7, 11) is 0. The molecule has 1 rings (SSSR count). The molecule has 4 nitrogen and oxygen atoms in total. The van der Waals surface area contributed by atoms with Crippen molar-refractivity contribution in [3.8, 4) is 0 Å². The second-order valence-electron chi connectivity index (χ2n) is 6.37. The number of rotatable bonds is 6. The highest BCUT2D eigenvalue weighted by molar-refractivity contribution is 7.11. The Morgan fingerprint density at radius 3 is 2.57 bits per heavy atom. The molecule has 1 amide bonds. The fraction of sp³-hybridized carbons (Fsp3) is 0.500. The highest BCUT2D eigenvalue weighted by atomic mass is 32.1. The molecule has 0 saturated heterocycles. The van der Waals surface area contributed by atoms with Crippen LogP contribution in [0.3, 0.4) is 0 Å². The first-order valence-corrected chi connectivity index (χ1v) is 7.80. The first-order valence-electron chi connectivity index (χ1n) is 6.92. The van der Waals surface area contributed by atoms with E-state index in [2.05, 4.69) is 5.32 Å². The molecule has 0 spiro atoms. The molecule has 1 aromatic rings. The highest BCUT2D eigenvalue weighted by Gasteiger charge is 2.22. The Morgan fingerprint density at radius 2 is 2.10 bits per heavy atom. The second kappa shape index (κ2) is 7.41. The van der Waals surface area contributed by atoms with Gasteiger partial charge in [0.15, 0.2) is 0 Å². The lowest BCUT2D eigenvalue weighted by Crippen LogP contribution is -2.38. The average Bonchev–Trinajstić information content (AvgIpc) is 2.69. The average molecular weight is 309 g/mol. The van der Waals surface area contributed by atoms with Crippen molar-refractivity contribution in [2.75, 3.05) is 0 Å². The number of carboxylic acids is 1. The SMILES string of the molecule is Cc1ccsc1/C=C/C(=O)NC(CC(=O)O)CC(C)(C)C. The van der Waals surface area contributed by atoms with Crippen molar-refractivity contribution in [2.24, 2.45) is 5.41 Å². The summed E-state index contributed by atoms with van der Waals surface area (Å²) in [6, 6.07) is 1.64. The molecule has 116 valence electrons. The number of carbonyl (C=O) groups is 2. The van der Waals surface area contributed by atoms with E-state index in [0.29, 0.717) is 6.42 Å². The molecule has 21 heavy (non-hydrogen) atoms. The van der Waals surface area contributed by atoms with E-state index in [1.807, 2.05) is 39.1 Å². The smallest absolute Gasteiger partial charge is 0.305 e. The summed E-state index contributed by atoms with van der Waals surface area (Å²) < 4.78 is 0. The van der Waals surface area contributed by atoms with Crippen molar-refractivity contribution in [3.63, 3.8) is 0 Å². The minimum atomic E-state index is -0.900. The van der Waals surface area contributed by atoms with Gasteiger partial charge < -0.3 is 10.4 Å². The van der Waals surface area contributed by atoms with E-state index in [0.717, 1.165) is 10.4 Å². The zero-order valence-corrected chi connectivity index (χ0v) is 13.8. The predicted molar refractivity (Wildman–Crippen MR) is 86.3 cm³/mol. The van der Waals surface area contributed by atoms with E-state index in [4.69, 9.17) is 5.11 Å². The Balaban J connectivity index is 2.65. The summed E-state index contributed by atoms with van der Waals surface area (Å²) in [6.07, 6.45) is 3.80. The fourth-order valence-corrected chi connectivity index (χ4v) is 2.90. The van der Waals surface area contributed by atoms with Gasteiger partial charge in [0.1, 0.15) is 0 Å². The van der Waals surface area contributed by atoms with Gasteiger partial charge in [0, 0.05) is 17.0 Å². The van der Waals surface area contributed by atoms with Crippen molar-refractivity contribution >= 4 is 29.3 Å². The van der Waals surface area contributed by atoms with E-state index >= 15 is 0 Å². The Kier molecular flexibility index (Phi) is 6.15. The van der Waals surface area contributed by atoms with Gasteiger partial charge in [-0.2, -0.15) is 0 Å². The third-order valence-corrected chi connectivity index (χ3v) is 3.90. The highest BCUT2D eigenvalue weighted by Crippen LogP contribution is 2.22. The zero-order valence-electron chi connectivity index (χ0n) is 13.0. The lowest BCUT2D eigenvalue weighted by Gasteiger charge is -2.25. The molecule has 0 aliphatic heterocycles. The van der Waals surface area contributed by atoms with Gasteiger partial charge in [-0.25, -0.2) is 0 Å². The van der Waals surface area contributed by atoms with E-state index in [-0.39, 0.29) is 23.8 Å². The number of thiophene rings is 1. The summed E-state index contributed by atoms with van der Waals surface area (Å²) in [5, 5.41) is 13.7. The first-order chi connectivity index (χ1) is 9.67. The van der Waals surface area contributed by atoms with Crippen LogP contribution in [-0.4, -0.2) is 23.0 Å². The van der Waals surface area contributed by atoms with Gasteiger partial charge in [-0.05, 0) is 41.8 Å². The molecule has 1 heterocycles. The van der Waals surface area contributed by atoms with Crippen LogP contribution in [0.15, 0.2) is 17.5 Å². The molecule has 0 saturated carbocycles. The van der Waals surface area contributed by atoms with Gasteiger partial charge in [-0.3, -0.25) is 9.59 Å². The normalized spacial score (nSPS) is 13.3. The molecule has 1 atom stereocenters. The van der Waals surface area contributed by atoms with Crippen molar-refractivity contribution in [2.45, 2.75) is 46.6 Å². The Morgan fingerprint density at radius 1 is 1.43 bits per heavy atom. The number of aliphatic carboxylic acids is 1. The zero-order chi connectivity index (χ0) is 16.0. The van der Waals surface area contributed by atoms with Gasteiger partial charge >= 0.3 is 5.97 Å². The van der Waals surface area contributed by atoms with Gasteiger partial charge in [0.2, 0.25) is 5.91 Å². The third-order valence-electron chi connectivity index (χ3n) is 2.91. The molecule has 0 aromatic carbocycles. The first kappa shape index (κ1) is 17.4. The van der Waals surface area contributed by atoms with Crippen LogP contribution in [0.25, 0.3) is 6.08 Å². The monoisotopic (exact) mass is 309 g/mol. The quantitative estimate of drug-likeness (QED) is 0.791. The summed E-state index contributed by atoms with van der Waals surface area (Å²) in [6.45, 7) is 8.07. The van der Waals surface area contributed by atoms with Crippen LogP contribution in [0.4, 0.5) is 0 Å². The van der Waals surface area contributed by atoms with Crippen molar-refractivity contribution < 1.29 is 14.7 Å². The van der Waals surface area contributed by atoms with Gasteiger partial charge in [0.25, 0.3) is 0 Å². The lowest BCUT2D eigenvalue weighted by atomic mass is 9.87. The van der Waals surface area contributed by atoms with E-state index < -0.39 is 5.97 Å². The molecule has 0 fully saturated rings. The number of carbonyl (C=O) groups excluding carboxylic acids is 1. The van der Waals surface area contributed by atoms with Gasteiger partial charge in [-0.15, -0.1) is 11.3 Å². The van der Waals surface area contributed by atoms with Crippen LogP contribution < -0.4 is 5.32 Å². The number of hydrogen-bond donors (Lipinski definition) is 2. The number of amides is 1. The van der Waals surface area contributed by atoms with Crippen molar-refractivity contribution in [1.82, 2.24) is 5.32 Å². The molecular weight excluding hydrogens is 286 g/mol. The van der Waals surface area contributed by atoms with Crippen LogP contribution >= 0.6 is 11.3 Å². The minimum absolute atomic E-state index is 0.0402. The number of hydrogen-bond acceptors (Lipinski definition) is 3. The summed E-state index contributed by atoms with van der Waals surface area (Å²) in [4.78, 5) is 23.9. The molecule has 2 N–H and O–H groups in total.